The van der Waals surface area contributed by atoms with Crippen molar-refractivity contribution in [2.75, 3.05) is 32.7 Å². The van der Waals surface area contributed by atoms with Crippen molar-refractivity contribution in [1.82, 2.24) is 19.7 Å². The Balaban J connectivity index is 1.45. The third-order valence-electron chi connectivity index (χ3n) is 7.54. The van der Waals surface area contributed by atoms with E-state index in [2.05, 4.69) is 42.2 Å². The summed E-state index contributed by atoms with van der Waals surface area (Å²) in [5.74, 6) is -0.242. The first kappa shape index (κ1) is 23.0. The van der Waals surface area contributed by atoms with Gasteiger partial charge in [-0.2, -0.15) is 0 Å². The van der Waals surface area contributed by atoms with E-state index >= 15 is 0 Å². The van der Waals surface area contributed by atoms with Crippen LogP contribution in [0.2, 0.25) is 0 Å². The molecule has 0 bridgehead atoms. The van der Waals surface area contributed by atoms with Crippen LogP contribution in [-0.2, 0) is 9.59 Å². The van der Waals surface area contributed by atoms with Gasteiger partial charge in [-0.1, -0.05) is 66.2 Å². The first-order valence-electron chi connectivity index (χ1n) is 12.6. The van der Waals surface area contributed by atoms with Crippen LogP contribution in [0.25, 0.3) is 22.2 Å². The molecular weight excluding hydrogens is 464 g/mol. The lowest BCUT2D eigenvalue weighted by molar-refractivity contribution is -0.135. The number of nitrogens with zero attached hydrogens (tertiary/aromatic N) is 3. The highest BCUT2D eigenvalue weighted by Gasteiger charge is 2.41. The lowest BCUT2D eigenvalue weighted by Gasteiger charge is -2.34. The molecule has 37 heavy (non-hydrogen) atoms. The number of fused-ring (bicyclic) bond motifs is 2. The van der Waals surface area contributed by atoms with Crippen LogP contribution in [0.15, 0.2) is 72.8 Å². The molecule has 1 fully saturated rings. The van der Waals surface area contributed by atoms with Crippen LogP contribution in [0.1, 0.15) is 33.1 Å². The van der Waals surface area contributed by atoms with Gasteiger partial charge in [0, 0.05) is 48.2 Å². The molecule has 6 rings (SSSR count). The topological polar surface area (TPSA) is 76.7 Å². The molecule has 7 nitrogen and oxygen atoms in total. The van der Waals surface area contributed by atoms with Gasteiger partial charge in [0.15, 0.2) is 0 Å². The fourth-order valence-electron chi connectivity index (χ4n) is 5.56. The standard InChI is InChI=1S/C30H28N4O3/c1-20-10-12-21(13-11-20)28-27(24-8-4-5-9-25(24)31-28)29-22-6-2-3-7-23(22)30(37)34(29)18-26(36)33-16-14-32(19-35)15-17-33/h2-13,19,29,31H,14-18H2,1H3. The number of carbonyl (C=O) groups excluding carboxylic acids is 3. The van der Waals surface area contributed by atoms with Gasteiger partial charge < -0.3 is 19.7 Å². The summed E-state index contributed by atoms with van der Waals surface area (Å²) in [6.45, 7) is 3.99. The molecule has 7 heteroatoms. The second kappa shape index (κ2) is 9.24. The van der Waals surface area contributed by atoms with Crippen molar-refractivity contribution < 1.29 is 14.4 Å². The average Bonchev–Trinajstić information content (AvgIpc) is 3.44. The maximum atomic E-state index is 13.7. The minimum atomic E-state index is -0.406. The molecule has 1 unspecified atom stereocenters. The molecule has 1 saturated heterocycles. The van der Waals surface area contributed by atoms with Gasteiger partial charge in [0.25, 0.3) is 5.91 Å². The number of hydrogen-bond donors (Lipinski definition) is 1. The van der Waals surface area contributed by atoms with Gasteiger partial charge in [0.2, 0.25) is 12.3 Å². The molecule has 2 aliphatic heterocycles. The summed E-state index contributed by atoms with van der Waals surface area (Å²) in [5, 5.41) is 1.03. The molecule has 1 aromatic heterocycles. The zero-order valence-electron chi connectivity index (χ0n) is 20.7. The molecule has 1 atom stereocenters. The minimum absolute atomic E-state index is 0.0217. The Hall–Kier alpha value is -4.39. The van der Waals surface area contributed by atoms with Gasteiger partial charge in [0.05, 0.1) is 11.7 Å². The van der Waals surface area contributed by atoms with Crippen molar-refractivity contribution in [2.24, 2.45) is 0 Å². The number of H-pyrrole nitrogens is 1. The van der Waals surface area contributed by atoms with Crippen molar-refractivity contribution in [3.8, 4) is 11.3 Å². The Kier molecular flexibility index (Phi) is 5.75. The number of piperazine rings is 1. The summed E-state index contributed by atoms with van der Waals surface area (Å²) in [6, 6.07) is 23.7. The number of aromatic amines is 1. The first-order valence-corrected chi connectivity index (χ1v) is 12.6. The summed E-state index contributed by atoms with van der Waals surface area (Å²) in [5.41, 5.74) is 6.68. The van der Waals surface area contributed by atoms with E-state index < -0.39 is 6.04 Å². The predicted molar refractivity (Wildman–Crippen MR) is 142 cm³/mol. The van der Waals surface area contributed by atoms with Crippen molar-refractivity contribution in [1.29, 1.82) is 0 Å². The molecule has 4 aromatic rings. The van der Waals surface area contributed by atoms with Crippen molar-refractivity contribution >= 4 is 29.1 Å². The second-order valence-electron chi connectivity index (χ2n) is 9.77. The summed E-state index contributed by atoms with van der Waals surface area (Å²) < 4.78 is 0. The Morgan fingerprint density at radius 2 is 1.65 bits per heavy atom. The molecule has 0 saturated carbocycles. The molecule has 0 aliphatic carbocycles. The fraction of sp³-hybridized carbons (Fsp3) is 0.233. The highest BCUT2D eigenvalue weighted by molar-refractivity contribution is 6.03. The highest BCUT2D eigenvalue weighted by Crippen LogP contribution is 2.45. The van der Waals surface area contributed by atoms with E-state index in [1.807, 2.05) is 42.5 Å². The number of carbonyl (C=O) groups is 3. The van der Waals surface area contributed by atoms with Crippen molar-refractivity contribution in [3.63, 3.8) is 0 Å². The van der Waals surface area contributed by atoms with Gasteiger partial charge >= 0.3 is 0 Å². The Labute approximate surface area is 215 Å². The first-order chi connectivity index (χ1) is 18.0. The predicted octanol–water partition coefficient (Wildman–Crippen LogP) is 3.99. The van der Waals surface area contributed by atoms with E-state index in [1.54, 1.807) is 14.7 Å². The lowest BCUT2D eigenvalue weighted by Crippen LogP contribution is -2.51. The van der Waals surface area contributed by atoms with Crippen LogP contribution in [0.4, 0.5) is 0 Å². The molecule has 3 heterocycles. The fourth-order valence-corrected chi connectivity index (χ4v) is 5.56. The van der Waals surface area contributed by atoms with Crippen molar-refractivity contribution in [3.05, 3.63) is 95.1 Å². The maximum absolute atomic E-state index is 13.7. The molecule has 0 radical (unpaired) electrons. The Morgan fingerprint density at radius 1 is 0.946 bits per heavy atom. The van der Waals surface area contributed by atoms with Crippen LogP contribution in [-0.4, -0.2) is 70.6 Å². The third-order valence-corrected chi connectivity index (χ3v) is 7.54. The van der Waals surface area contributed by atoms with Crippen molar-refractivity contribution in [2.45, 2.75) is 13.0 Å². The number of amides is 3. The number of aryl methyl sites for hydroxylation is 1. The zero-order chi connectivity index (χ0) is 25.5. The van der Waals surface area contributed by atoms with Crippen LogP contribution >= 0.6 is 0 Å². The summed E-state index contributed by atoms with van der Waals surface area (Å²) in [4.78, 5) is 47.0. The lowest BCUT2D eigenvalue weighted by atomic mass is 9.93. The molecule has 3 aromatic carbocycles. The van der Waals surface area contributed by atoms with Gasteiger partial charge in [-0.25, -0.2) is 0 Å². The normalized spacial score (nSPS) is 17.4. The molecule has 1 N–H and O–H groups in total. The van der Waals surface area contributed by atoms with E-state index in [0.29, 0.717) is 31.7 Å². The molecule has 0 spiro atoms. The van der Waals surface area contributed by atoms with Crippen LogP contribution in [0.5, 0.6) is 0 Å². The summed E-state index contributed by atoms with van der Waals surface area (Å²) in [7, 11) is 0. The Morgan fingerprint density at radius 3 is 2.41 bits per heavy atom. The van der Waals surface area contributed by atoms with Crippen LogP contribution in [0, 0.1) is 6.92 Å². The summed E-state index contributed by atoms with van der Waals surface area (Å²) >= 11 is 0. The smallest absolute Gasteiger partial charge is 0.255 e. The van der Waals surface area contributed by atoms with E-state index in [4.69, 9.17) is 0 Å². The number of rotatable bonds is 5. The van der Waals surface area contributed by atoms with E-state index in [1.165, 1.54) is 5.56 Å². The number of benzene rings is 3. The van der Waals surface area contributed by atoms with Gasteiger partial charge in [-0.15, -0.1) is 0 Å². The van der Waals surface area contributed by atoms with Gasteiger partial charge in [-0.05, 0) is 30.2 Å². The molecule has 3 amide bonds. The SMILES string of the molecule is Cc1ccc(-c2[nH]c3ccccc3c2C2c3ccccc3C(=O)N2CC(=O)N2CCN(C=O)CC2)cc1. The van der Waals surface area contributed by atoms with Crippen LogP contribution in [0.3, 0.4) is 0 Å². The number of para-hydroxylation sites is 1. The molecular formula is C30H28N4O3. The quantitative estimate of drug-likeness (QED) is 0.428. The van der Waals surface area contributed by atoms with E-state index in [-0.39, 0.29) is 18.4 Å². The second-order valence-corrected chi connectivity index (χ2v) is 9.77. The number of nitrogens with one attached hydrogen (secondary N) is 1. The molecule has 2 aliphatic rings. The maximum Gasteiger partial charge on any atom is 0.255 e. The van der Waals surface area contributed by atoms with Crippen LogP contribution < -0.4 is 0 Å². The summed E-state index contributed by atoms with van der Waals surface area (Å²) in [6.07, 6.45) is 0.822. The van der Waals surface area contributed by atoms with Gasteiger partial charge in [-0.3, -0.25) is 14.4 Å². The highest BCUT2D eigenvalue weighted by atomic mass is 16.2. The largest absolute Gasteiger partial charge is 0.354 e. The monoisotopic (exact) mass is 492 g/mol. The van der Waals surface area contributed by atoms with E-state index in [0.717, 1.165) is 39.7 Å². The third kappa shape index (κ3) is 3.96. The van der Waals surface area contributed by atoms with E-state index in [9.17, 15) is 14.4 Å². The zero-order valence-corrected chi connectivity index (χ0v) is 20.7. The number of aromatic nitrogens is 1. The molecule has 186 valence electrons. The number of hydrogen-bond acceptors (Lipinski definition) is 3. The Bertz CT molecular complexity index is 1500. The minimum Gasteiger partial charge on any atom is -0.354 e. The van der Waals surface area contributed by atoms with Gasteiger partial charge in [0.1, 0.15) is 6.54 Å². The average molecular weight is 493 g/mol.